The van der Waals surface area contributed by atoms with E-state index in [9.17, 15) is 4.79 Å². The van der Waals surface area contributed by atoms with Crippen LogP contribution in [0.2, 0.25) is 0 Å². The Morgan fingerprint density at radius 1 is 0.852 bits per heavy atom. The van der Waals surface area contributed by atoms with Gasteiger partial charge in [-0.2, -0.15) is 0 Å². The molecule has 1 amide bonds. The molecule has 27 heavy (non-hydrogen) atoms. The first-order valence-electron chi connectivity index (χ1n) is 9.07. The number of ether oxygens (including phenoxy) is 1. The minimum absolute atomic E-state index is 0.0762. The maximum atomic E-state index is 12.3. The van der Waals surface area contributed by atoms with Crippen molar-refractivity contribution in [2.75, 3.05) is 17.2 Å². The van der Waals surface area contributed by atoms with E-state index in [2.05, 4.69) is 24.5 Å². The van der Waals surface area contributed by atoms with Crippen molar-refractivity contribution in [3.8, 4) is 11.5 Å². The van der Waals surface area contributed by atoms with E-state index in [-0.39, 0.29) is 12.5 Å². The number of nitrogens with one attached hydrogen (secondary N) is 2. The van der Waals surface area contributed by atoms with Crippen molar-refractivity contribution < 1.29 is 9.53 Å². The van der Waals surface area contributed by atoms with E-state index in [0.717, 1.165) is 28.4 Å². The standard InChI is InChI=1S/C23H24N2O2/c1-17(2)21-10-6-7-11-22(21)25-23(26)16-24-18-12-14-20(15-13-18)27-19-8-4-3-5-9-19/h3-15,17,24H,16H2,1-2H3,(H,25,26). The van der Waals surface area contributed by atoms with E-state index in [1.165, 1.54) is 0 Å². The number of carbonyl (C=O) groups excluding carboxylic acids is 1. The van der Waals surface area contributed by atoms with Crippen LogP contribution in [-0.4, -0.2) is 12.5 Å². The summed E-state index contributed by atoms with van der Waals surface area (Å²) < 4.78 is 5.77. The average molecular weight is 360 g/mol. The summed E-state index contributed by atoms with van der Waals surface area (Å²) in [6.07, 6.45) is 0. The number of hydrogen-bond acceptors (Lipinski definition) is 3. The summed E-state index contributed by atoms with van der Waals surface area (Å²) in [7, 11) is 0. The fourth-order valence-corrected chi connectivity index (χ4v) is 2.76. The Morgan fingerprint density at radius 2 is 1.48 bits per heavy atom. The lowest BCUT2D eigenvalue weighted by Gasteiger charge is -2.14. The smallest absolute Gasteiger partial charge is 0.243 e. The van der Waals surface area contributed by atoms with Gasteiger partial charge in [0.25, 0.3) is 0 Å². The molecular weight excluding hydrogens is 336 g/mol. The molecule has 3 rings (SSSR count). The second kappa shape index (κ2) is 8.90. The van der Waals surface area contributed by atoms with Gasteiger partial charge in [0.15, 0.2) is 0 Å². The molecule has 0 fully saturated rings. The summed E-state index contributed by atoms with van der Waals surface area (Å²) in [6, 6.07) is 25.1. The van der Waals surface area contributed by atoms with E-state index < -0.39 is 0 Å². The molecule has 0 bridgehead atoms. The Morgan fingerprint density at radius 3 is 2.19 bits per heavy atom. The van der Waals surface area contributed by atoms with E-state index >= 15 is 0 Å². The molecule has 2 N–H and O–H groups in total. The maximum Gasteiger partial charge on any atom is 0.243 e. The third-order valence-electron chi connectivity index (χ3n) is 4.14. The van der Waals surface area contributed by atoms with Gasteiger partial charge in [-0.15, -0.1) is 0 Å². The molecular formula is C23H24N2O2. The zero-order valence-electron chi connectivity index (χ0n) is 15.6. The Balaban J connectivity index is 1.53. The predicted molar refractivity (Wildman–Crippen MR) is 111 cm³/mol. The summed E-state index contributed by atoms with van der Waals surface area (Å²) >= 11 is 0. The Kier molecular flexibility index (Phi) is 6.10. The molecule has 0 heterocycles. The second-order valence-corrected chi connectivity index (χ2v) is 6.58. The largest absolute Gasteiger partial charge is 0.457 e. The van der Waals surface area contributed by atoms with Crippen LogP contribution in [0.25, 0.3) is 0 Å². The van der Waals surface area contributed by atoms with Gasteiger partial charge >= 0.3 is 0 Å². The lowest BCUT2D eigenvalue weighted by Crippen LogP contribution is -2.22. The first-order chi connectivity index (χ1) is 13.1. The highest BCUT2D eigenvalue weighted by atomic mass is 16.5. The molecule has 0 aliphatic heterocycles. The van der Waals surface area contributed by atoms with Gasteiger partial charge in [-0.3, -0.25) is 4.79 Å². The summed E-state index contributed by atoms with van der Waals surface area (Å²) in [6.45, 7) is 4.43. The van der Waals surface area contributed by atoms with Gasteiger partial charge < -0.3 is 15.4 Å². The first kappa shape index (κ1) is 18.5. The van der Waals surface area contributed by atoms with E-state index in [1.807, 2.05) is 78.9 Å². The predicted octanol–water partition coefficient (Wildman–Crippen LogP) is 5.65. The highest BCUT2D eigenvalue weighted by molar-refractivity contribution is 5.94. The van der Waals surface area contributed by atoms with E-state index in [0.29, 0.717) is 5.92 Å². The first-order valence-corrected chi connectivity index (χ1v) is 9.07. The van der Waals surface area contributed by atoms with Gasteiger partial charge in [0, 0.05) is 11.4 Å². The van der Waals surface area contributed by atoms with Gasteiger partial charge in [-0.1, -0.05) is 50.2 Å². The van der Waals surface area contributed by atoms with Crippen LogP contribution in [-0.2, 0) is 4.79 Å². The molecule has 0 saturated heterocycles. The topological polar surface area (TPSA) is 50.4 Å². The van der Waals surface area contributed by atoms with Crippen LogP contribution >= 0.6 is 0 Å². The number of para-hydroxylation sites is 2. The molecule has 4 heteroatoms. The summed E-state index contributed by atoms with van der Waals surface area (Å²) in [5.41, 5.74) is 2.86. The molecule has 0 aliphatic carbocycles. The summed E-state index contributed by atoms with van der Waals surface area (Å²) in [5.74, 6) is 1.82. The number of anilines is 2. The molecule has 3 aromatic carbocycles. The van der Waals surface area contributed by atoms with Gasteiger partial charge in [0.05, 0.1) is 6.54 Å². The van der Waals surface area contributed by atoms with Gasteiger partial charge in [0.1, 0.15) is 11.5 Å². The van der Waals surface area contributed by atoms with Crippen molar-refractivity contribution in [1.82, 2.24) is 0 Å². The third kappa shape index (κ3) is 5.35. The van der Waals surface area contributed by atoms with E-state index in [4.69, 9.17) is 4.74 Å². The molecule has 0 unspecified atom stereocenters. The van der Waals surface area contributed by atoms with Gasteiger partial charge in [0.2, 0.25) is 5.91 Å². The Bertz CT molecular complexity index is 874. The van der Waals surface area contributed by atoms with Gasteiger partial charge in [-0.25, -0.2) is 0 Å². The molecule has 138 valence electrons. The van der Waals surface area contributed by atoms with Crippen LogP contribution in [0.1, 0.15) is 25.3 Å². The number of carbonyl (C=O) groups is 1. The van der Waals surface area contributed by atoms with Crippen molar-refractivity contribution in [3.63, 3.8) is 0 Å². The van der Waals surface area contributed by atoms with Crippen LogP contribution in [0.15, 0.2) is 78.9 Å². The molecule has 0 aromatic heterocycles. The van der Waals surface area contributed by atoms with Crippen molar-refractivity contribution in [1.29, 1.82) is 0 Å². The normalized spacial score (nSPS) is 10.5. The number of rotatable bonds is 7. The molecule has 0 spiro atoms. The lowest BCUT2D eigenvalue weighted by atomic mass is 10.0. The van der Waals surface area contributed by atoms with Crippen molar-refractivity contribution in [2.45, 2.75) is 19.8 Å². The molecule has 0 aliphatic rings. The fourth-order valence-electron chi connectivity index (χ4n) is 2.76. The van der Waals surface area contributed by atoms with E-state index in [1.54, 1.807) is 0 Å². The highest BCUT2D eigenvalue weighted by Gasteiger charge is 2.09. The van der Waals surface area contributed by atoms with Crippen LogP contribution in [0, 0.1) is 0 Å². The number of benzene rings is 3. The quantitative estimate of drug-likeness (QED) is 0.572. The monoisotopic (exact) mass is 360 g/mol. The maximum absolute atomic E-state index is 12.3. The molecule has 4 nitrogen and oxygen atoms in total. The number of amides is 1. The summed E-state index contributed by atoms with van der Waals surface area (Å²) in [4.78, 5) is 12.3. The molecule has 0 radical (unpaired) electrons. The average Bonchev–Trinajstić information content (AvgIpc) is 2.68. The Hall–Kier alpha value is -3.27. The zero-order chi connectivity index (χ0) is 19.1. The Labute approximate surface area is 160 Å². The van der Waals surface area contributed by atoms with Crippen LogP contribution in [0.4, 0.5) is 11.4 Å². The van der Waals surface area contributed by atoms with Crippen molar-refractivity contribution >= 4 is 17.3 Å². The molecule has 0 atom stereocenters. The third-order valence-corrected chi connectivity index (χ3v) is 4.14. The fraction of sp³-hybridized carbons (Fsp3) is 0.174. The minimum atomic E-state index is -0.0762. The SMILES string of the molecule is CC(C)c1ccccc1NC(=O)CNc1ccc(Oc2ccccc2)cc1. The summed E-state index contributed by atoms with van der Waals surface area (Å²) in [5, 5.41) is 6.12. The zero-order valence-corrected chi connectivity index (χ0v) is 15.6. The van der Waals surface area contributed by atoms with Crippen molar-refractivity contribution in [2.24, 2.45) is 0 Å². The van der Waals surface area contributed by atoms with Crippen LogP contribution in [0.5, 0.6) is 11.5 Å². The van der Waals surface area contributed by atoms with Crippen molar-refractivity contribution in [3.05, 3.63) is 84.4 Å². The number of hydrogen-bond donors (Lipinski definition) is 2. The highest BCUT2D eigenvalue weighted by Crippen LogP contribution is 2.24. The lowest BCUT2D eigenvalue weighted by molar-refractivity contribution is -0.114. The second-order valence-electron chi connectivity index (χ2n) is 6.58. The molecule has 0 saturated carbocycles. The minimum Gasteiger partial charge on any atom is -0.457 e. The molecule has 3 aromatic rings. The van der Waals surface area contributed by atoms with Crippen LogP contribution in [0.3, 0.4) is 0 Å². The van der Waals surface area contributed by atoms with Gasteiger partial charge in [-0.05, 0) is 53.9 Å². The van der Waals surface area contributed by atoms with Crippen LogP contribution < -0.4 is 15.4 Å².